The predicted octanol–water partition coefficient (Wildman–Crippen LogP) is 1.68. The fourth-order valence-corrected chi connectivity index (χ4v) is 3.63. The molecule has 1 saturated heterocycles. The first-order valence-corrected chi connectivity index (χ1v) is 10.2. The van der Waals surface area contributed by atoms with Gasteiger partial charge < -0.3 is 25.8 Å². The van der Waals surface area contributed by atoms with E-state index in [0.29, 0.717) is 28.7 Å². The molecule has 0 saturated carbocycles. The molecule has 0 atom stereocenters. The average Bonchev–Trinajstić information content (AvgIpc) is 3.37. The monoisotopic (exact) mass is 409 g/mol. The van der Waals surface area contributed by atoms with Crippen molar-refractivity contribution in [2.24, 2.45) is 10.7 Å². The first kappa shape index (κ1) is 20.1. The summed E-state index contributed by atoms with van der Waals surface area (Å²) in [6.45, 7) is 4.01. The summed E-state index contributed by atoms with van der Waals surface area (Å²) in [5, 5.41) is 25.1. The number of pyridine rings is 1. The summed E-state index contributed by atoms with van der Waals surface area (Å²) >= 11 is 0. The number of ether oxygens (including phenoxy) is 1. The number of allylic oxidation sites excluding steroid dienone is 2. The number of hydrogen-bond acceptors (Lipinski definition) is 8. The number of anilines is 1. The van der Waals surface area contributed by atoms with Crippen molar-refractivity contribution < 1.29 is 9.84 Å². The second-order valence-corrected chi connectivity index (χ2v) is 7.29. The fraction of sp³-hybridized carbons (Fsp3) is 0.381. The van der Waals surface area contributed by atoms with E-state index >= 15 is 0 Å². The van der Waals surface area contributed by atoms with Crippen LogP contribution in [0.3, 0.4) is 0 Å². The predicted molar refractivity (Wildman–Crippen MR) is 118 cm³/mol. The summed E-state index contributed by atoms with van der Waals surface area (Å²) in [6.07, 6.45) is 7.55. The molecule has 1 aliphatic heterocycles. The van der Waals surface area contributed by atoms with Gasteiger partial charge in [-0.1, -0.05) is 6.07 Å². The van der Waals surface area contributed by atoms with Crippen LogP contribution in [-0.4, -0.2) is 70.4 Å². The van der Waals surface area contributed by atoms with Gasteiger partial charge in [-0.15, -0.1) is 5.10 Å². The molecule has 0 unspecified atom stereocenters. The van der Waals surface area contributed by atoms with Gasteiger partial charge in [-0.2, -0.15) is 0 Å². The molecule has 158 valence electrons. The highest BCUT2D eigenvalue weighted by atomic mass is 16.5. The van der Waals surface area contributed by atoms with Gasteiger partial charge in [0.15, 0.2) is 5.82 Å². The van der Waals surface area contributed by atoms with Gasteiger partial charge in [-0.05, 0) is 44.1 Å². The van der Waals surface area contributed by atoms with Gasteiger partial charge in [0.25, 0.3) is 0 Å². The van der Waals surface area contributed by atoms with Crippen LogP contribution in [0.15, 0.2) is 53.0 Å². The van der Waals surface area contributed by atoms with Crippen molar-refractivity contribution in [1.82, 2.24) is 14.5 Å². The maximum Gasteiger partial charge on any atom is 0.175 e. The number of rotatable bonds is 8. The van der Waals surface area contributed by atoms with Crippen LogP contribution in [-0.2, 0) is 4.74 Å². The van der Waals surface area contributed by atoms with Crippen LogP contribution in [0.2, 0.25) is 0 Å². The molecule has 0 aromatic carbocycles. The topological polar surface area (TPSA) is 124 Å². The quantitative estimate of drug-likeness (QED) is 0.492. The van der Waals surface area contributed by atoms with Crippen LogP contribution in [0.25, 0.3) is 5.52 Å². The van der Waals surface area contributed by atoms with Gasteiger partial charge in [0.2, 0.25) is 0 Å². The van der Waals surface area contributed by atoms with Crippen LogP contribution in [0.5, 0.6) is 0 Å². The maximum atomic E-state index is 9.01. The molecule has 9 nitrogen and oxygen atoms in total. The molecule has 9 heteroatoms. The molecule has 2 aromatic rings. The second kappa shape index (κ2) is 9.10. The SMILES string of the molecule is N=C1C=C(N)/C(=N/c2c(NCCN3CCCC3)nn3ccccc23)C=C1OCCO. The van der Waals surface area contributed by atoms with E-state index in [1.54, 1.807) is 10.6 Å². The van der Waals surface area contributed by atoms with E-state index in [0.717, 1.165) is 31.7 Å². The molecule has 5 N–H and O–H groups in total. The minimum Gasteiger partial charge on any atom is -0.489 e. The summed E-state index contributed by atoms with van der Waals surface area (Å²) in [5.41, 5.74) is 8.72. The molecule has 3 heterocycles. The average molecular weight is 409 g/mol. The molecular weight excluding hydrogens is 382 g/mol. The lowest BCUT2D eigenvalue weighted by molar-refractivity contribution is 0.156. The van der Waals surface area contributed by atoms with E-state index in [4.69, 9.17) is 26.0 Å². The third-order valence-electron chi connectivity index (χ3n) is 5.14. The first-order valence-electron chi connectivity index (χ1n) is 10.2. The van der Waals surface area contributed by atoms with Gasteiger partial charge in [0.05, 0.1) is 29.2 Å². The highest BCUT2D eigenvalue weighted by Gasteiger charge is 2.19. The molecule has 2 aliphatic rings. The van der Waals surface area contributed by atoms with Crippen LogP contribution in [0, 0.1) is 5.41 Å². The van der Waals surface area contributed by atoms with E-state index in [9.17, 15) is 0 Å². The molecule has 30 heavy (non-hydrogen) atoms. The fourth-order valence-electron chi connectivity index (χ4n) is 3.63. The largest absolute Gasteiger partial charge is 0.489 e. The van der Waals surface area contributed by atoms with Crippen LogP contribution < -0.4 is 11.1 Å². The molecule has 1 fully saturated rings. The van der Waals surface area contributed by atoms with Crippen molar-refractivity contribution in [2.75, 3.05) is 44.7 Å². The van der Waals surface area contributed by atoms with Crippen LogP contribution >= 0.6 is 0 Å². The first-order chi connectivity index (χ1) is 14.7. The second-order valence-electron chi connectivity index (χ2n) is 7.29. The summed E-state index contributed by atoms with van der Waals surface area (Å²) < 4.78 is 7.23. The van der Waals surface area contributed by atoms with E-state index in [2.05, 4.69) is 15.3 Å². The lowest BCUT2D eigenvalue weighted by Gasteiger charge is -2.16. The Kier molecular flexibility index (Phi) is 6.10. The number of hydrogen-bond donors (Lipinski definition) is 4. The third kappa shape index (κ3) is 4.37. The highest BCUT2D eigenvalue weighted by molar-refractivity contribution is 6.22. The molecule has 0 amide bonds. The van der Waals surface area contributed by atoms with Gasteiger partial charge in [-0.3, -0.25) is 5.41 Å². The summed E-state index contributed by atoms with van der Waals surface area (Å²) in [6, 6.07) is 5.81. The lowest BCUT2D eigenvalue weighted by Crippen LogP contribution is -2.26. The van der Waals surface area contributed by atoms with Gasteiger partial charge >= 0.3 is 0 Å². The van der Waals surface area contributed by atoms with Gasteiger partial charge in [0.1, 0.15) is 18.1 Å². The van der Waals surface area contributed by atoms with E-state index in [1.807, 2.05) is 24.4 Å². The molecule has 0 spiro atoms. The van der Waals surface area contributed by atoms with Crippen molar-refractivity contribution in [3.8, 4) is 0 Å². The van der Waals surface area contributed by atoms with Crippen LogP contribution in [0.1, 0.15) is 12.8 Å². The van der Waals surface area contributed by atoms with Gasteiger partial charge in [-0.25, -0.2) is 9.51 Å². The van der Waals surface area contributed by atoms with E-state index in [-0.39, 0.29) is 18.9 Å². The van der Waals surface area contributed by atoms with Crippen LogP contribution in [0.4, 0.5) is 11.5 Å². The number of nitrogens with zero attached hydrogens (tertiary/aromatic N) is 4. The van der Waals surface area contributed by atoms with Crippen molar-refractivity contribution >= 4 is 28.4 Å². The Morgan fingerprint density at radius 1 is 1.27 bits per heavy atom. The standard InChI is InChI=1S/C21H27N7O2/c22-15-13-16(23)19(30-12-11-29)14-17(15)25-20-18-5-1-2-9-28(18)26-21(20)24-6-10-27-7-3-4-8-27/h1-2,5,9,13-14,23,29H,3-4,6-8,10-12,22H2,(H,24,26)/b23-16?,25-17+. The minimum atomic E-state index is -0.130. The number of nitrogens with two attached hydrogens (primary N) is 1. The van der Waals surface area contributed by atoms with Gasteiger partial charge in [0, 0.05) is 25.4 Å². The summed E-state index contributed by atoms with van der Waals surface area (Å²) in [5.74, 6) is 1.02. The summed E-state index contributed by atoms with van der Waals surface area (Å²) in [7, 11) is 0. The van der Waals surface area contributed by atoms with E-state index in [1.165, 1.54) is 18.9 Å². The molecular formula is C21H27N7O2. The smallest absolute Gasteiger partial charge is 0.175 e. The number of aromatic nitrogens is 2. The van der Waals surface area contributed by atoms with Crippen molar-refractivity contribution in [1.29, 1.82) is 5.41 Å². The Bertz CT molecular complexity index is 1020. The molecule has 4 rings (SSSR count). The molecule has 0 radical (unpaired) electrons. The lowest BCUT2D eigenvalue weighted by atomic mass is 10.1. The maximum absolute atomic E-state index is 9.01. The number of aliphatic hydroxyl groups is 1. The normalized spacial score (nSPS) is 18.7. The van der Waals surface area contributed by atoms with Crippen molar-refractivity contribution in [2.45, 2.75) is 12.8 Å². The number of nitrogens with one attached hydrogen (secondary N) is 2. The van der Waals surface area contributed by atoms with Crippen molar-refractivity contribution in [3.05, 3.63) is 48.0 Å². The Morgan fingerprint density at radius 3 is 2.90 bits per heavy atom. The Balaban J connectivity index is 1.63. The number of aliphatic hydroxyl groups excluding tert-OH is 1. The zero-order valence-electron chi connectivity index (χ0n) is 16.8. The third-order valence-corrected chi connectivity index (χ3v) is 5.14. The van der Waals surface area contributed by atoms with E-state index < -0.39 is 0 Å². The summed E-state index contributed by atoms with van der Waals surface area (Å²) in [4.78, 5) is 7.22. The van der Waals surface area contributed by atoms with Crippen molar-refractivity contribution in [3.63, 3.8) is 0 Å². The number of aliphatic imine (C=N–C) groups is 1. The Labute approximate surface area is 175 Å². The zero-order valence-corrected chi connectivity index (χ0v) is 16.8. The number of fused-ring (bicyclic) bond motifs is 1. The molecule has 0 bridgehead atoms. The Hall–Kier alpha value is -3.17. The molecule has 2 aromatic heterocycles. The zero-order chi connectivity index (χ0) is 20.9. The highest BCUT2D eigenvalue weighted by Crippen LogP contribution is 2.31. The Morgan fingerprint density at radius 2 is 2.10 bits per heavy atom. The number of likely N-dealkylation sites (tertiary alicyclic amines) is 1. The minimum absolute atomic E-state index is 0.106. The molecule has 1 aliphatic carbocycles.